The fourth-order valence-electron chi connectivity index (χ4n) is 4.24. The molecule has 0 saturated carbocycles. The van der Waals surface area contributed by atoms with Crippen molar-refractivity contribution in [1.82, 2.24) is 19.9 Å². The average molecular weight is 422 g/mol. The summed E-state index contributed by atoms with van der Waals surface area (Å²) in [6.45, 7) is 5.88. The number of ether oxygens (including phenoxy) is 1. The third kappa shape index (κ3) is 3.21. The molecule has 1 fully saturated rings. The maximum atomic E-state index is 12.4. The number of piperidine rings is 1. The van der Waals surface area contributed by atoms with E-state index < -0.39 is 0 Å². The number of H-pyrrole nitrogens is 1. The number of hydrogen-bond donors (Lipinski definition) is 1. The normalized spacial score (nSPS) is 17.0. The predicted molar refractivity (Wildman–Crippen MR) is 118 cm³/mol. The van der Waals surface area contributed by atoms with Crippen molar-refractivity contribution >= 4 is 44.4 Å². The van der Waals surface area contributed by atoms with Crippen LogP contribution in [0.15, 0.2) is 30.6 Å². The topological polar surface area (TPSA) is 84.0 Å². The van der Waals surface area contributed by atoms with E-state index in [9.17, 15) is 4.79 Å². The summed E-state index contributed by atoms with van der Waals surface area (Å²) in [4.78, 5) is 33.4. The first-order chi connectivity index (χ1) is 14.7. The minimum absolute atomic E-state index is 0.289. The number of imidazole rings is 1. The quantitative estimate of drug-likeness (QED) is 0.491. The van der Waals surface area contributed by atoms with Gasteiger partial charge in [0, 0.05) is 19.0 Å². The minimum Gasteiger partial charge on any atom is -0.462 e. The van der Waals surface area contributed by atoms with Crippen molar-refractivity contribution < 1.29 is 9.53 Å². The van der Waals surface area contributed by atoms with E-state index in [-0.39, 0.29) is 5.97 Å². The zero-order chi connectivity index (χ0) is 20.7. The van der Waals surface area contributed by atoms with Gasteiger partial charge in [-0.25, -0.2) is 19.7 Å². The van der Waals surface area contributed by atoms with Gasteiger partial charge in [-0.3, -0.25) is 0 Å². The highest BCUT2D eigenvalue weighted by Gasteiger charge is 2.28. The van der Waals surface area contributed by atoms with Gasteiger partial charge in [0.1, 0.15) is 27.7 Å². The number of carbonyl (C=O) groups is 1. The highest BCUT2D eigenvalue weighted by atomic mass is 32.1. The molecule has 4 heterocycles. The summed E-state index contributed by atoms with van der Waals surface area (Å²) in [7, 11) is 0. The van der Waals surface area contributed by atoms with E-state index in [1.165, 1.54) is 11.3 Å². The van der Waals surface area contributed by atoms with E-state index in [0.29, 0.717) is 17.4 Å². The SMILES string of the molecule is CCOC(=O)c1sc2ncnc(N3CCCC(c4nc5ccccc5[nH]4)C3)c2c1C. The first-order valence-electron chi connectivity index (χ1n) is 10.3. The van der Waals surface area contributed by atoms with Gasteiger partial charge in [0.15, 0.2) is 0 Å². The summed E-state index contributed by atoms with van der Waals surface area (Å²) < 4.78 is 5.22. The monoisotopic (exact) mass is 421 g/mol. The van der Waals surface area contributed by atoms with Crippen LogP contribution in [-0.4, -0.2) is 45.6 Å². The Bertz CT molecular complexity index is 1200. The van der Waals surface area contributed by atoms with E-state index in [4.69, 9.17) is 9.72 Å². The molecule has 1 saturated heterocycles. The Morgan fingerprint density at radius 1 is 1.33 bits per heavy atom. The second-order valence-electron chi connectivity index (χ2n) is 7.58. The van der Waals surface area contributed by atoms with Crippen LogP contribution < -0.4 is 4.90 Å². The third-order valence-corrected chi connectivity index (χ3v) is 6.86. The number of benzene rings is 1. The average Bonchev–Trinajstić information content (AvgIpc) is 3.35. The van der Waals surface area contributed by atoms with Gasteiger partial charge in [-0.15, -0.1) is 11.3 Å². The predicted octanol–water partition coefficient (Wildman–Crippen LogP) is 4.44. The van der Waals surface area contributed by atoms with Crippen LogP contribution in [0.1, 0.15) is 46.7 Å². The molecule has 0 bridgehead atoms. The fraction of sp³-hybridized carbons (Fsp3) is 0.364. The molecule has 1 aliphatic heterocycles. The van der Waals surface area contributed by atoms with Crippen LogP contribution in [0.2, 0.25) is 0 Å². The molecular formula is C22H23N5O2S. The lowest BCUT2D eigenvalue weighted by atomic mass is 9.97. The number of nitrogens with zero attached hydrogens (tertiary/aromatic N) is 4. The van der Waals surface area contributed by atoms with Gasteiger partial charge in [-0.05, 0) is 44.4 Å². The molecule has 1 atom stereocenters. The maximum Gasteiger partial charge on any atom is 0.348 e. The zero-order valence-corrected chi connectivity index (χ0v) is 17.8. The van der Waals surface area contributed by atoms with E-state index in [1.54, 1.807) is 6.33 Å². The number of hydrogen-bond acceptors (Lipinski definition) is 7. The number of aromatic amines is 1. The summed E-state index contributed by atoms with van der Waals surface area (Å²) in [6.07, 6.45) is 3.73. The Kier molecular flexibility index (Phi) is 4.86. The van der Waals surface area contributed by atoms with Crippen LogP contribution in [0.5, 0.6) is 0 Å². The van der Waals surface area contributed by atoms with Crippen LogP contribution in [0.3, 0.4) is 0 Å². The molecule has 4 aromatic rings. The standard InChI is InChI=1S/C22H23N5O2S/c1-3-29-22(28)18-13(2)17-20(23-12-24-21(17)30-18)27-10-6-7-14(11-27)19-25-15-8-4-5-9-16(15)26-19/h4-5,8-9,12,14H,3,6-7,10-11H2,1-2H3,(H,25,26). The number of aromatic nitrogens is 4. The molecule has 0 spiro atoms. The van der Waals surface area contributed by atoms with E-state index in [1.807, 2.05) is 32.0 Å². The Balaban J connectivity index is 1.49. The van der Waals surface area contributed by atoms with Crippen molar-refractivity contribution in [3.8, 4) is 0 Å². The van der Waals surface area contributed by atoms with E-state index in [0.717, 1.165) is 64.4 Å². The first kappa shape index (κ1) is 19.0. The van der Waals surface area contributed by atoms with Crippen molar-refractivity contribution in [2.75, 3.05) is 24.6 Å². The van der Waals surface area contributed by atoms with Gasteiger partial charge in [0.05, 0.1) is 23.0 Å². The van der Waals surface area contributed by atoms with Crippen LogP contribution in [0.25, 0.3) is 21.3 Å². The molecule has 1 aliphatic rings. The number of para-hydroxylation sites is 2. The molecule has 1 N–H and O–H groups in total. The summed E-state index contributed by atoms with van der Waals surface area (Å²) in [6, 6.07) is 8.13. The first-order valence-corrected chi connectivity index (χ1v) is 11.1. The van der Waals surface area contributed by atoms with Gasteiger partial charge in [0.2, 0.25) is 0 Å². The van der Waals surface area contributed by atoms with Crippen molar-refractivity contribution in [2.24, 2.45) is 0 Å². The number of fused-ring (bicyclic) bond motifs is 2. The summed E-state index contributed by atoms with van der Waals surface area (Å²) >= 11 is 1.38. The Morgan fingerprint density at radius 2 is 2.20 bits per heavy atom. The summed E-state index contributed by atoms with van der Waals surface area (Å²) in [5, 5.41) is 0.954. The number of carbonyl (C=O) groups excluding carboxylic acids is 1. The molecule has 30 heavy (non-hydrogen) atoms. The Labute approximate surface area is 178 Å². The van der Waals surface area contributed by atoms with Gasteiger partial charge in [-0.1, -0.05) is 12.1 Å². The van der Waals surface area contributed by atoms with Gasteiger partial charge >= 0.3 is 5.97 Å². The molecule has 3 aromatic heterocycles. The molecule has 7 nitrogen and oxygen atoms in total. The molecule has 1 aromatic carbocycles. The lowest BCUT2D eigenvalue weighted by molar-refractivity contribution is 0.0531. The van der Waals surface area contributed by atoms with Gasteiger partial charge in [0.25, 0.3) is 0 Å². The van der Waals surface area contributed by atoms with Crippen LogP contribution >= 0.6 is 11.3 Å². The van der Waals surface area contributed by atoms with Crippen molar-refractivity contribution in [2.45, 2.75) is 32.6 Å². The molecule has 154 valence electrons. The Hall–Kier alpha value is -3.00. The van der Waals surface area contributed by atoms with Gasteiger partial charge < -0.3 is 14.6 Å². The number of aryl methyl sites for hydroxylation is 1. The number of rotatable bonds is 4. The largest absolute Gasteiger partial charge is 0.462 e. The molecule has 0 radical (unpaired) electrons. The summed E-state index contributed by atoms with van der Waals surface area (Å²) in [5.41, 5.74) is 2.97. The van der Waals surface area contributed by atoms with Gasteiger partial charge in [-0.2, -0.15) is 0 Å². The summed E-state index contributed by atoms with van der Waals surface area (Å²) in [5.74, 6) is 1.94. The molecular weight excluding hydrogens is 398 g/mol. The maximum absolute atomic E-state index is 12.4. The van der Waals surface area contributed by atoms with Crippen LogP contribution in [0.4, 0.5) is 5.82 Å². The number of esters is 1. The lowest BCUT2D eigenvalue weighted by Gasteiger charge is -2.33. The fourth-order valence-corrected chi connectivity index (χ4v) is 5.28. The molecule has 0 aliphatic carbocycles. The van der Waals surface area contributed by atoms with E-state index >= 15 is 0 Å². The van der Waals surface area contributed by atoms with E-state index in [2.05, 4.69) is 25.9 Å². The second-order valence-corrected chi connectivity index (χ2v) is 8.58. The number of anilines is 1. The minimum atomic E-state index is -0.289. The van der Waals surface area contributed by atoms with Crippen molar-refractivity contribution in [3.05, 3.63) is 46.9 Å². The molecule has 1 unspecified atom stereocenters. The third-order valence-electron chi connectivity index (χ3n) is 5.68. The molecule has 8 heteroatoms. The zero-order valence-electron chi connectivity index (χ0n) is 17.0. The lowest BCUT2D eigenvalue weighted by Crippen LogP contribution is -2.35. The van der Waals surface area contributed by atoms with Crippen LogP contribution in [-0.2, 0) is 4.74 Å². The number of nitrogens with one attached hydrogen (secondary N) is 1. The van der Waals surface area contributed by atoms with Crippen molar-refractivity contribution in [3.63, 3.8) is 0 Å². The highest BCUT2D eigenvalue weighted by Crippen LogP contribution is 2.37. The molecule has 0 amide bonds. The second kappa shape index (κ2) is 7.68. The van der Waals surface area contributed by atoms with Crippen LogP contribution in [0, 0.1) is 6.92 Å². The van der Waals surface area contributed by atoms with Crippen molar-refractivity contribution in [1.29, 1.82) is 0 Å². The Morgan fingerprint density at radius 3 is 3.03 bits per heavy atom. The highest BCUT2D eigenvalue weighted by molar-refractivity contribution is 7.20. The molecule has 5 rings (SSSR count). The smallest absolute Gasteiger partial charge is 0.348 e. The number of thiophene rings is 1.